The normalized spacial score (nSPS) is 15.2. The summed E-state index contributed by atoms with van der Waals surface area (Å²) in [5, 5.41) is 0. The van der Waals surface area contributed by atoms with Crippen LogP contribution in [0.25, 0.3) is 0 Å². The molecule has 0 spiro atoms. The van der Waals surface area contributed by atoms with Crippen LogP contribution in [0.3, 0.4) is 0 Å². The average Bonchev–Trinajstić information content (AvgIpc) is 2.69. The third kappa shape index (κ3) is 4.83. The highest BCUT2D eigenvalue weighted by atomic mass is 32.2. The molecule has 2 aromatic rings. The number of rotatable bonds is 7. The zero-order valence-electron chi connectivity index (χ0n) is 15.0. The Balaban J connectivity index is 1.47. The lowest BCUT2D eigenvalue weighted by Gasteiger charge is -2.36. The molecule has 1 saturated heterocycles. The zero-order valence-corrected chi connectivity index (χ0v) is 15.8. The molecule has 0 N–H and O–H groups in total. The van der Waals surface area contributed by atoms with Gasteiger partial charge in [0.05, 0.1) is 14.2 Å². The van der Waals surface area contributed by atoms with Gasteiger partial charge in [0.15, 0.2) is 11.5 Å². The maximum atomic E-state index is 5.42. The van der Waals surface area contributed by atoms with E-state index in [0.29, 0.717) is 0 Å². The van der Waals surface area contributed by atoms with Gasteiger partial charge in [-0.15, -0.1) is 11.8 Å². The van der Waals surface area contributed by atoms with E-state index in [2.05, 4.69) is 52.3 Å². The Morgan fingerprint density at radius 1 is 0.880 bits per heavy atom. The van der Waals surface area contributed by atoms with Crippen molar-refractivity contribution in [3.63, 3.8) is 0 Å². The molecule has 0 unspecified atom stereocenters. The Labute approximate surface area is 154 Å². The van der Waals surface area contributed by atoms with E-state index in [1.54, 1.807) is 14.2 Å². The first-order valence-electron chi connectivity index (χ1n) is 8.67. The largest absolute Gasteiger partial charge is 0.493 e. The van der Waals surface area contributed by atoms with Gasteiger partial charge < -0.3 is 14.4 Å². The summed E-state index contributed by atoms with van der Waals surface area (Å²) in [7, 11) is 3.35. The van der Waals surface area contributed by atoms with Gasteiger partial charge in [-0.3, -0.25) is 4.90 Å². The number of piperazine rings is 1. The second-order valence-corrected chi connectivity index (χ2v) is 7.20. The fraction of sp³-hybridized carbons (Fsp3) is 0.400. The van der Waals surface area contributed by atoms with Gasteiger partial charge in [0, 0.05) is 55.1 Å². The van der Waals surface area contributed by atoms with Crippen molar-refractivity contribution < 1.29 is 9.47 Å². The van der Waals surface area contributed by atoms with Crippen molar-refractivity contribution >= 4 is 17.4 Å². The quantitative estimate of drug-likeness (QED) is 0.704. The van der Waals surface area contributed by atoms with Crippen molar-refractivity contribution in [1.29, 1.82) is 0 Å². The fourth-order valence-corrected chi connectivity index (χ4v) is 4.00. The molecule has 0 aliphatic carbocycles. The van der Waals surface area contributed by atoms with Crippen molar-refractivity contribution in [3.05, 3.63) is 48.5 Å². The van der Waals surface area contributed by atoms with Gasteiger partial charge in [0.25, 0.3) is 0 Å². The Hall–Kier alpha value is -1.85. The summed E-state index contributed by atoms with van der Waals surface area (Å²) in [6.07, 6.45) is 0. The molecule has 5 heteroatoms. The molecular weight excluding hydrogens is 332 g/mol. The smallest absolute Gasteiger partial charge is 0.162 e. The van der Waals surface area contributed by atoms with E-state index in [1.165, 1.54) is 10.6 Å². The molecule has 134 valence electrons. The topological polar surface area (TPSA) is 24.9 Å². The summed E-state index contributed by atoms with van der Waals surface area (Å²) >= 11 is 1.93. The summed E-state index contributed by atoms with van der Waals surface area (Å²) in [4.78, 5) is 6.32. The predicted molar refractivity (Wildman–Crippen MR) is 105 cm³/mol. The van der Waals surface area contributed by atoms with Gasteiger partial charge in [-0.25, -0.2) is 0 Å². The molecule has 0 radical (unpaired) electrons. The first-order chi connectivity index (χ1) is 12.3. The minimum absolute atomic E-state index is 0.780. The molecule has 25 heavy (non-hydrogen) atoms. The number of methoxy groups -OCH3 is 2. The first kappa shape index (κ1) is 18.0. The molecule has 2 aromatic carbocycles. The maximum absolute atomic E-state index is 5.42. The lowest BCUT2D eigenvalue weighted by molar-refractivity contribution is 0.273. The fourth-order valence-electron chi connectivity index (χ4n) is 3.06. The van der Waals surface area contributed by atoms with Crippen molar-refractivity contribution in [2.75, 3.05) is 57.6 Å². The van der Waals surface area contributed by atoms with Crippen molar-refractivity contribution in [2.24, 2.45) is 0 Å². The van der Waals surface area contributed by atoms with E-state index >= 15 is 0 Å². The predicted octanol–water partition coefficient (Wildman–Crippen LogP) is 3.62. The van der Waals surface area contributed by atoms with Gasteiger partial charge >= 0.3 is 0 Å². The minimum atomic E-state index is 0.780. The number of hydrogen-bond donors (Lipinski definition) is 0. The second-order valence-electron chi connectivity index (χ2n) is 6.03. The molecule has 0 aromatic heterocycles. The standard InChI is InChI=1S/C20H26N2O2S/c1-23-19-9-8-17(16-20(19)24-2)22-12-10-21(11-13-22)14-15-25-18-6-4-3-5-7-18/h3-9,16H,10-15H2,1-2H3. The van der Waals surface area contributed by atoms with Crippen LogP contribution < -0.4 is 14.4 Å². The van der Waals surface area contributed by atoms with Crippen molar-refractivity contribution in [2.45, 2.75) is 4.90 Å². The van der Waals surface area contributed by atoms with Gasteiger partial charge in [-0.1, -0.05) is 18.2 Å². The van der Waals surface area contributed by atoms with Gasteiger partial charge in [-0.05, 0) is 24.3 Å². The van der Waals surface area contributed by atoms with Gasteiger partial charge in [0.1, 0.15) is 0 Å². The van der Waals surface area contributed by atoms with E-state index in [9.17, 15) is 0 Å². The lowest BCUT2D eigenvalue weighted by Crippen LogP contribution is -2.47. The maximum Gasteiger partial charge on any atom is 0.162 e. The summed E-state index contributed by atoms with van der Waals surface area (Å²) < 4.78 is 10.7. The summed E-state index contributed by atoms with van der Waals surface area (Å²) in [5.41, 5.74) is 1.20. The SMILES string of the molecule is COc1ccc(N2CCN(CCSc3ccccc3)CC2)cc1OC. The third-order valence-electron chi connectivity index (χ3n) is 4.52. The van der Waals surface area contributed by atoms with E-state index in [4.69, 9.17) is 9.47 Å². The second kappa shape index (κ2) is 9.02. The van der Waals surface area contributed by atoms with Crippen molar-refractivity contribution in [1.82, 2.24) is 4.90 Å². The van der Waals surface area contributed by atoms with E-state index in [-0.39, 0.29) is 0 Å². The highest BCUT2D eigenvalue weighted by Gasteiger charge is 2.18. The molecule has 1 fully saturated rings. The van der Waals surface area contributed by atoms with Crippen LogP contribution in [0.5, 0.6) is 11.5 Å². The molecular formula is C20H26N2O2S. The number of benzene rings is 2. The van der Waals surface area contributed by atoms with E-state index in [1.807, 2.05) is 17.8 Å². The van der Waals surface area contributed by atoms with Crippen LogP contribution in [0.1, 0.15) is 0 Å². The summed E-state index contributed by atoms with van der Waals surface area (Å²) in [6, 6.07) is 16.8. The van der Waals surface area contributed by atoms with E-state index < -0.39 is 0 Å². The number of thioether (sulfide) groups is 1. The van der Waals surface area contributed by atoms with Gasteiger partial charge in [-0.2, -0.15) is 0 Å². The lowest BCUT2D eigenvalue weighted by atomic mass is 10.2. The molecule has 0 atom stereocenters. The van der Waals surface area contributed by atoms with Crippen LogP contribution in [0.15, 0.2) is 53.4 Å². The monoisotopic (exact) mass is 358 g/mol. The molecule has 4 nitrogen and oxygen atoms in total. The molecule has 3 rings (SSSR count). The van der Waals surface area contributed by atoms with Crippen LogP contribution in [0.4, 0.5) is 5.69 Å². The third-order valence-corrected chi connectivity index (χ3v) is 5.52. The minimum Gasteiger partial charge on any atom is -0.493 e. The molecule has 1 aliphatic rings. The number of hydrogen-bond acceptors (Lipinski definition) is 5. The molecule has 1 aliphatic heterocycles. The number of ether oxygens (including phenoxy) is 2. The highest BCUT2D eigenvalue weighted by molar-refractivity contribution is 7.99. The van der Waals surface area contributed by atoms with Crippen LogP contribution >= 0.6 is 11.8 Å². The Kier molecular flexibility index (Phi) is 6.48. The molecule has 0 bridgehead atoms. The number of anilines is 1. The Morgan fingerprint density at radius 2 is 1.60 bits per heavy atom. The van der Waals surface area contributed by atoms with Crippen molar-refractivity contribution in [3.8, 4) is 11.5 Å². The molecule has 0 amide bonds. The molecule has 1 heterocycles. The van der Waals surface area contributed by atoms with Gasteiger partial charge in [0.2, 0.25) is 0 Å². The summed E-state index contributed by atoms with van der Waals surface area (Å²) in [6.45, 7) is 5.43. The van der Waals surface area contributed by atoms with E-state index in [0.717, 1.165) is 50.0 Å². The average molecular weight is 359 g/mol. The number of nitrogens with zero attached hydrogens (tertiary/aromatic N) is 2. The van der Waals surface area contributed by atoms with Crippen LogP contribution in [-0.2, 0) is 0 Å². The Bertz CT molecular complexity index is 658. The zero-order chi connectivity index (χ0) is 17.5. The van der Waals surface area contributed by atoms with Crippen LogP contribution in [-0.4, -0.2) is 57.6 Å². The van der Waals surface area contributed by atoms with Crippen LogP contribution in [0.2, 0.25) is 0 Å². The first-order valence-corrected chi connectivity index (χ1v) is 9.66. The molecule has 0 saturated carbocycles. The summed E-state index contributed by atoms with van der Waals surface area (Å²) in [5.74, 6) is 2.71. The Morgan fingerprint density at radius 3 is 2.28 bits per heavy atom. The van der Waals surface area contributed by atoms with Crippen LogP contribution in [0, 0.1) is 0 Å². The highest BCUT2D eigenvalue weighted by Crippen LogP contribution is 2.31.